The average molecular weight is 414 g/mol. The zero-order valence-corrected chi connectivity index (χ0v) is 16.4. The van der Waals surface area contributed by atoms with Crippen LogP contribution in [0.15, 0.2) is 66.7 Å². The van der Waals surface area contributed by atoms with E-state index in [9.17, 15) is 9.59 Å². The van der Waals surface area contributed by atoms with Crippen molar-refractivity contribution in [2.45, 2.75) is 0 Å². The summed E-state index contributed by atoms with van der Waals surface area (Å²) in [6.45, 7) is -0.0782. The topological polar surface area (TPSA) is 73.9 Å². The molecule has 1 N–H and O–H groups in total. The van der Waals surface area contributed by atoms with Crippen molar-refractivity contribution in [3.63, 3.8) is 0 Å². The van der Waals surface area contributed by atoms with Crippen LogP contribution < -0.4 is 14.8 Å². The maximum absolute atomic E-state index is 11.8. The molecule has 0 aromatic heterocycles. The highest BCUT2D eigenvalue weighted by molar-refractivity contribution is 6.30. The molecule has 0 atom stereocenters. The number of amides is 1. The van der Waals surface area contributed by atoms with Crippen molar-refractivity contribution < 1.29 is 23.8 Å². The van der Waals surface area contributed by atoms with Gasteiger partial charge in [-0.05, 0) is 47.2 Å². The number of hydrogen-bond acceptors (Lipinski definition) is 5. The lowest BCUT2D eigenvalue weighted by Crippen LogP contribution is -2.32. The molecular formula is C22H20ClNO5. The van der Waals surface area contributed by atoms with Crippen molar-refractivity contribution in [3.8, 4) is 11.5 Å². The van der Waals surface area contributed by atoms with Gasteiger partial charge in [0.2, 0.25) is 0 Å². The van der Waals surface area contributed by atoms with Crippen LogP contribution in [0.2, 0.25) is 5.02 Å². The SMILES string of the molecule is O=C(COC(=O)COc1ccc2ccccc2c1)NCCOc1ccc(Cl)cc1. The number of fused-ring (bicyclic) bond motifs is 1. The molecule has 0 aliphatic carbocycles. The van der Waals surface area contributed by atoms with E-state index in [1.807, 2.05) is 36.4 Å². The third kappa shape index (κ3) is 6.69. The van der Waals surface area contributed by atoms with Crippen LogP contribution in [0.1, 0.15) is 0 Å². The Morgan fingerprint density at radius 1 is 0.828 bits per heavy atom. The highest BCUT2D eigenvalue weighted by atomic mass is 35.5. The van der Waals surface area contributed by atoms with E-state index < -0.39 is 11.9 Å². The first-order chi connectivity index (χ1) is 14.1. The van der Waals surface area contributed by atoms with Crippen molar-refractivity contribution in [2.75, 3.05) is 26.4 Å². The van der Waals surface area contributed by atoms with E-state index in [1.165, 1.54) is 0 Å². The Bertz CT molecular complexity index is 974. The predicted molar refractivity (Wildman–Crippen MR) is 110 cm³/mol. The zero-order chi connectivity index (χ0) is 20.5. The zero-order valence-electron chi connectivity index (χ0n) is 15.6. The number of esters is 1. The summed E-state index contributed by atoms with van der Waals surface area (Å²) in [5.74, 6) is 0.180. The van der Waals surface area contributed by atoms with Gasteiger partial charge in [-0.3, -0.25) is 4.79 Å². The molecule has 0 bridgehead atoms. The van der Waals surface area contributed by atoms with Gasteiger partial charge >= 0.3 is 5.97 Å². The number of nitrogens with one attached hydrogen (secondary N) is 1. The first-order valence-electron chi connectivity index (χ1n) is 9.02. The van der Waals surface area contributed by atoms with Gasteiger partial charge in [0.15, 0.2) is 13.2 Å². The number of hydrogen-bond donors (Lipinski definition) is 1. The maximum Gasteiger partial charge on any atom is 0.344 e. The Morgan fingerprint density at radius 3 is 2.34 bits per heavy atom. The van der Waals surface area contributed by atoms with Gasteiger partial charge in [-0.15, -0.1) is 0 Å². The molecule has 0 aliphatic rings. The summed E-state index contributed by atoms with van der Waals surface area (Å²) < 4.78 is 15.8. The second-order valence-electron chi connectivity index (χ2n) is 6.11. The van der Waals surface area contributed by atoms with E-state index >= 15 is 0 Å². The van der Waals surface area contributed by atoms with Crippen LogP contribution in [0, 0.1) is 0 Å². The number of halogens is 1. The molecule has 0 heterocycles. The largest absolute Gasteiger partial charge is 0.492 e. The summed E-state index contributed by atoms with van der Waals surface area (Å²) in [4.78, 5) is 23.5. The van der Waals surface area contributed by atoms with Crippen LogP contribution in [-0.4, -0.2) is 38.2 Å². The number of benzene rings is 3. The Kier molecular flexibility index (Phi) is 7.30. The average Bonchev–Trinajstić information content (AvgIpc) is 2.75. The summed E-state index contributed by atoms with van der Waals surface area (Å²) in [6.07, 6.45) is 0. The lowest BCUT2D eigenvalue weighted by molar-refractivity contribution is -0.150. The minimum absolute atomic E-state index is 0.273. The first kappa shape index (κ1) is 20.5. The highest BCUT2D eigenvalue weighted by Crippen LogP contribution is 2.20. The molecular weight excluding hydrogens is 394 g/mol. The van der Waals surface area contributed by atoms with Gasteiger partial charge in [-0.25, -0.2) is 4.79 Å². The lowest BCUT2D eigenvalue weighted by atomic mass is 10.1. The van der Waals surface area contributed by atoms with Crippen molar-refractivity contribution >= 4 is 34.2 Å². The van der Waals surface area contributed by atoms with E-state index in [4.69, 9.17) is 25.8 Å². The quantitative estimate of drug-likeness (QED) is 0.428. The molecule has 29 heavy (non-hydrogen) atoms. The van der Waals surface area contributed by atoms with E-state index in [2.05, 4.69) is 5.32 Å². The molecule has 0 spiro atoms. The molecule has 6 nitrogen and oxygen atoms in total. The van der Waals surface area contributed by atoms with Crippen LogP contribution in [0.3, 0.4) is 0 Å². The minimum atomic E-state index is -0.620. The van der Waals surface area contributed by atoms with Crippen LogP contribution in [0.5, 0.6) is 11.5 Å². The van der Waals surface area contributed by atoms with E-state index in [1.54, 1.807) is 30.3 Å². The summed E-state index contributed by atoms with van der Waals surface area (Å²) in [7, 11) is 0. The summed E-state index contributed by atoms with van der Waals surface area (Å²) in [5.41, 5.74) is 0. The lowest BCUT2D eigenvalue weighted by Gasteiger charge is -2.09. The molecule has 0 fully saturated rings. The standard InChI is InChI=1S/C22H20ClNO5/c23-18-6-9-19(10-7-18)27-12-11-24-21(25)14-29-22(26)15-28-20-8-5-16-3-1-2-4-17(16)13-20/h1-10,13H,11-12,14-15H2,(H,24,25). The first-order valence-corrected chi connectivity index (χ1v) is 9.40. The van der Waals surface area contributed by atoms with Gasteiger partial charge in [0.05, 0.1) is 6.54 Å². The molecule has 0 aliphatic heterocycles. The van der Waals surface area contributed by atoms with Crippen LogP contribution in [-0.2, 0) is 14.3 Å². The van der Waals surface area contributed by atoms with Crippen LogP contribution in [0.4, 0.5) is 0 Å². The molecule has 0 radical (unpaired) electrons. The number of carbonyl (C=O) groups is 2. The van der Waals surface area contributed by atoms with Gasteiger partial charge in [-0.1, -0.05) is 41.9 Å². The van der Waals surface area contributed by atoms with Gasteiger partial charge in [0.25, 0.3) is 5.91 Å². The van der Waals surface area contributed by atoms with Crippen molar-refractivity contribution in [1.82, 2.24) is 5.32 Å². The van der Waals surface area contributed by atoms with Gasteiger partial charge < -0.3 is 19.5 Å². The molecule has 0 unspecified atom stereocenters. The molecule has 0 saturated carbocycles. The maximum atomic E-state index is 11.8. The van der Waals surface area contributed by atoms with Crippen molar-refractivity contribution in [3.05, 3.63) is 71.8 Å². The highest BCUT2D eigenvalue weighted by Gasteiger charge is 2.08. The summed E-state index contributed by atoms with van der Waals surface area (Å²) in [6, 6.07) is 20.3. The molecule has 3 aromatic carbocycles. The fourth-order valence-corrected chi connectivity index (χ4v) is 2.65. The Morgan fingerprint density at radius 2 is 1.55 bits per heavy atom. The van der Waals surface area contributed by atoms with E-state index in [-0.39, 0.29) is 26.4 Å². The second kappa shape index (κ2) is 10.3. The number of ether oxygens (including phenoxy) is 3. The molecule has 3 rings (SSSR count). The third-order valence-electron chi connectivity index (χ3n) is 3.95. The molecule has 3 aromatic rings. The Labute approximate surface area is 173 Å². The third-order valence-corrected chi connectivity index (χ3v) is 4.20. The van der Waals surface area contributed by atoms with Crippen LogP contribution in [0.25, 0.3) is 10.8 Å². The summed E-state index contributed by atoms with van der Waals surface area (Å²) in [5, 5.41) is 5.32. The molecule has 7 heteroatoms. The Balaban J connectivity index is 1.31. The summed E-state index contributed by atoms with van der Waals surface area (Å²) >= 11 is 5.79. The van der Waals surface area contributed by atoms with Crippen LogP contribution >= 0.6 is 11.6 Å². The predicted octanol–water partition coefficient (Wildman–Crippen LogP) is 3.61. The Hall–Kier alpha value is -3.25. The second-order valence-corrected chi connectivity index (χ2v) is 6.55. The van der Waals surface area contributed by atoms with Crippen molar-refractivity contribution in [2.24, 2.45) is 0 Å². The van der Waals surface area contributed by atoms with Gasteiger partial charge in [0, 0.05) is 5.02 Å². The van der Waals surface area contributed by atoms with E-state index in [0.717, 1.165) is 10.8 Å². The number of carbonyl (C=O) groups excluding carboxylic acids is 2. The van der Waals surface area contributed by atoms with Crippen molar-refractivity contribution in [1.29, 1.82) is 0 Å². The smallest absolute Gasteiger partial charge is 0.344 e. The monoisotopic (exact) mass is 413 g/mol. The number of rotatable bonds is 9. The van der Waals surface area contributed by atoms with Gasteiger partial charge in [0.1, 0.15) is 18.1 Å². The molecule has 0 saturated heterocycles. The molecule has 150 valence electrons. The van der Waals surface area contributed by atoms with Gasteiger partial charge in [-0.2, -0.15) is 0 Å². The minimum Gasteiger partial charge on any atom is -0.492 e. The fraction of sp³-hybridized carbons (Fsp3) is 0.182. The normalized spacial score (nSPS) is 10.4. The molecule has 1 amide bonds. The fourth-order valence-electron chi connectivity index (χ4n) is 2.53. The van der Waals surface area contributed by atoms with E-state index in [0.29, 0.717) is 16.5 Å².